The molecule has 3 unspecified atom stereocenters. The van der Waals surface area contributed by atoms with Crippen molar-refractivity contribution in [3.05, 3.63) is 60.7 Å². The van der Waals surface area contributed by atoms with Crippen LogP contribution in [-0.2, 0) is 19.8 Å². The molecule has 2 saturated heterocycles. The molecule has 0 spiro atoms. The van der Waals surface area contributed by atoms with Crippen LogP contribution < -0.4 is 5.73 Å². The lowest BCUT2D eigenvalue weighted by Gasteiger charge is -2.40. The number of amides is 1. The minimum absolute atomic E-state index is 0.0346. The lowest BCUT2D eigenvalue weighted by Crippen LogP contribution is -2.54. The molecule has 0 saturated carbocycles. The first-order valence-corrected chi connectivity index (χ1v) is 10.2. The Morgan fingerprint density at radius 3 is 2.53 bits per heavy atom. The number of rotatable bonds is 8. The summed E-state index contributed by atoms with van der Waals surface area (Å²) in [6.45, 7) is 8.85. The van der Waals surface area contributed by atoms with Crippen LogP contribution in [0.2, 0.25) is 0 Å². The molecule has 162 valence electrons. The Bertz CT molecular complexity index is 787. The summed E-state index contributed by atoms with van der Waals surface area (Å²) >= 11 is 0. The van der Waals surface area contributed by atoms with Crippen LogP contribution in [0.3, 0.4) is 0 Å². The van der Waals surface area contributed by atoms with Gasteiger partial charge in [0.25, 0.3) is 0 Å². The standard InChI is InChI=1S/C23H30N2O5/c1-3-5-19-13-17(10-11-25(19)22(27)28)20(21(26)30-12-4-2)16-6-8-18(9-7-16)23(24)14-29-15-23/h3-4,6-9,17,19-20H,1-2,5,10-15,24H2,(H,27,28). The van der Waals surface area contributed by atoms with Crippen molar-refractivity contribution >= 4 is 12.1 Å². The Kier molecular flexibility index (Phi) is 6.95. The van der Waals surface area contributed by atoms with Gasteiger partial charge in [0.2, 0.25) is 0 Å². The number of esters is 1. The molecule has 1 aromatic carbocycles. The van der Waals surface area contributed by atoms with Crippen LogP contribution >= 0.6 is 0 Å². The maximum Gasteiger partial charge on any atom is 0.407 e. The Labute approximate surface area is 177 Å². The van der Waals surface area contributed by atoms with E-state index in [2.05, 4.69) is 13.2 Å². The zero-order valence-corrected chi connectivity index (χ0v) is 17.2. The van der Waals surface area contributed by atoms with Gasteiger partial charge in [-0.3, -0.25) is 4.79 Å². The second-order valence-electron chi connectivity index (χ2n) is 8.11. The third-order valence-electron chi connectivity index (χ3n) is 6.07. The number of nitrogens with two attached hydrogens (primary N) is 1. The van der Waals surface area contributed by atoms with Gasteiger partial charge in [0.05, 0.1) is 24.7 Å². The quantitative estimate of drug-likeness (QED) is 0.501. The molecule has 3 N–H and O–H groups in total. The minimum atomic E-state index is -0.939. The van der Waals surface area contributed by atoms with Crippen molar-refractivity contribution in [3.8, 4) is 0 Å². The van der Waals surface area contributed by atoms with Crippen LogP contribution in [0.25, 0.3) is 0 Å². The highest BCUT2D eigenvalue weighted by atomic mass is 16.5. The normalized spacial score (nSPS) is 23.7. The maximum absolute atomic E-state index is 13.0. The average Bonchev–Trinajstić information content (AvgIpc) is 2.71. The molecular formula is C23H30N2O5. The molecule has 3 atom stereocenters. The first-order chi connectivity index (χ1) is 14.4. The number of hydrogen-bond acceptors (Lipinski definition) is 5. The number of benzene rings is 1. The maximum atomic E-state index is 13.0. The molecule has 7 heteroatoms. The smallest absolute Gasteiger partial charge is 0.407 e. The molecular weight excluding hydrogens is 384 g/mol. The number of hydrogen-bond donors (Lipinski definition) is 2. The van der Waals surface area contributed by atoms with E-state index in [1.165, 1.54) is 4.90 Å². The number of nitrogens with zero attached hydrogens (tertiary/aromatic N) is 1. The van der Waals surface area contributed by atoms with Crippen molar-refractivity contribution in [2.24, 2.45) is 11.7 Å². The number of ether oxygens (including phenoxy) is 2. The molecule has 1 aromatic rings. The van der Waals surface area contributed by atoms with E-state index in [0.717, 1.165) is 11.1 Å². The average molecular weight is 415 g/mol. The molecule has 0 radical (unpaired) electrons. The number of piperidine rings is 1. The highest BCUT2D eigenvalue weighted by molar-refractivity contribution is 5.79. The Morgan fingerprint density at radius 1 is 1.30 bits per heavy atom. The lowest BCUT2D eigenvalue weighted by molar-refractivity contribution is -0.146. The molecule has 0 aromatic heterocycles. The van der Waals surface area contributed by atoms with E-state index in [1.54, 1.807) is 12.2 Å². The third-order valence-corrected chi connectivity index (χ3v) is 6.07. The molecule has 3 rings (SSSR count). The Hall–Kier alpha value is -2.64. The molecule has 0 bridgehead atoms. The summed E-state index contributed by atoms with van der Waals surface area (Å²) in [5.74, 6) is -0.829. The second kappa shape index (κ2) is 9.45. The van der Waals surface area contributed by atoms with Gasteiger partial charge in [0.1, 0.15) is 6.61 Å². The van der Waals surface area contributed by atoms with Crippen molar-refractivity contribution in [2.75, 3.05) is 26.4 Å². The Morgan fingerprint density at radius 2 is 2.00 bits per heavy atom. The SMILES string of the molecule is C=CCOC(=O)C(c1ccc(C2(N)COC2)cc1)C1CCN(C(=O)O)C(CC=C)C1. The monoisotopic (exact) mass is 414 g/mol. The predicted molar refractivity (Wildman–Crippen MR) is 113 cm³/mol. The van der Waals surface area contributed by atoms with E-state index < -0.39 is 17.6 Å². The fourth-order valence-electron chi connectivity index (χ4n) is 4.40. The van der Waals surface area contributed by atoms with Crippen molar-refractivity contribution in [3.63, 3.8) is 0 Å². The molecule has 2 fully saturated rings. The number of carboxylic acid groups (broad SMARTS) is 1. The van der Waals surface area contributed by atoms with Crippen LogP contribution in [0.4, 0.5) is 4.79 Å². The predicted octanol–water partition coefficient (Wildman–Crippen LogP) is 3.02. The highest BCUT2D eigenvalue weighted by Gasteiger charge is 2.40. The summed E-state index contributed by atoms with van der Waals surface area (Å²) in [7, 11) is 0. The molecule has 1 amide bonds. The first-order valence-electron chi connectivity index (χ1n) is 10.2. The van der Waals surface area contributed by atoms with Gasteiger partial charge in [-0.15, -0.1) is 6.58 Å². The van der Waals surface area contributed by atoms with Gasteiger partial charge in [0.15, 0.2) is 0 Å². The molecule has 30 heavy (non-hydrogen) atoms. The molecule has 2 heterocycles. The summed E-state index contributed by atoms with van der Waals surface area (Å²) in [6, 6.07) is 7.54. The summed E-state index contributed by atoms with van der Waals surface area (Å²) in [4.78, 5) is 26.0. The molecule has 2 aliphatic heterocycles. The van der Waals surface area contributed by atoms with Crippen LogP contribution in [0.1, 0.15) is 36.3 Å². The van der Waals surface area contributed by atoms with E-state index in [-0.39, 0.29) is 24.5 Å². The first kappa shape index (κ1) is 22.1. The van der Waals surface area contributed by atoms with Gasteiger partial charge in [-0.2, -0.15) is 0 Å². The van der Waals surface area contributed by atoms with Gasteiger partial charge in [-0.25, -0.2) is 4.79 Å². The van der Waals surface area contributed by atoms with Gasteiger partial charge >= 0.3 is 12.1 Å². The van der Waals surface area contributed by atoms with Crippen LogP contribution in [-0.4, -0.2) is 54.5 Å². The van der Waals surface area contributed by atoms with Crippen molar-refractivity contribution in [1.29, 1.82) is 0 Å². The van der Waals surface area contributed by atoms with Crippen molar-refractivity contribution in [1.82, 2.24) is 4.90 Å². The number of likely N-dealkylation sites (tertiary alicyclic amines) is 1. The fourth-order valence-corrected chi connectivity index (χ4v) is 4.40. The van der Waals surface area contributed by atoms with E-state index in [4.69, 9.17) is 15.2 Å². The second-order valence-corrected chi connectivity index (χ2v) is 8.11. The van der Waals surface area contributed by atoms with Gasteiger partial charge in [-0.1, -0.05) is 43.0 Å². The van der Waals surface area contributed by atoms with E-state index in [0.29, 0.717) is 39.0 Å². The zero-order chi connectivity index (χ0) is 21.7. The van der Waals surface area contributed by atoms with E-state index in [9.17, 15) is 14.7 Å². The summed E-state index contributed by atoms with van der Waals surface area (Å²) < 4.78 is 10.7. The largest absolute Gasteiger partial charge is 0.465 e. The lowest BCUT2D eigenvalue weighted by atomic mass is 9.76. The van der Waals surface area contributed by atoms with E-state index in [1.807, 2.05) is 24.3 Å². The zero-order valence-electron chi connectivity index (χ0n) is 17.2. The summed E-state index contributed by atoms with van der Waals surface area (Å²) in [5.41, 5.74) is 7.67. The summed E-state index contributed by atoms with van der Waals surface area (Å²) in [5, 5.41) is 9.51. The summed E-state index contributed by atoms with van der Waals surface area (Å²) in [6.07, 6.45) is 4.04. The van der Waals surface area contributed by atoms with Crippen LogP contribution in [0.5, 0.6) is 0 Å². The highest BCUT2D eigenvalue weighted by Crippen LogP contribution is 2.38. The topological polar surface area (TPSA) is 102 Å². The molecule has 7 nitrogen and oxygen atoms in total. The van der Waals surface area contributed by atoms with Crippen molar-refractivity contribution in [2.45, 2.75) is 36.8 Å². The molecule has 2 aliphatic rings. The fraction of sp³-hybridized carbons (Fsp3) is 0.478. The van der Waals surface area contributed by atoms with Gasteiger partial charge < -0.3 is 25.2 Å². The minimum Gasteiger partial charge on any atom is -0.465 e. The van der Waals surface area contributed by atoms with Gasteiger partial charge in [-0.05, 0) is 36.3 Å². The number of carbonyl (C=O) groups excluding carboxylic acids is 1. The molecule has 0 aliphatic carbocycles. The van der Waals surface area contributed by atoms with Crippen LogP contribution in [0.15, 0.2) is 49.6 Å². The van der Waals surface area contributed by atoms with Crippen molar-refractivity contribution < 1.29 is 24.2 Å². The van der Waals surface area contributed by atoms with Crippen LogP contribution in [0, 0.1) is 5.92 Å². The number of carbonyl (C=O) groups is 2. The third kappa shape index (κ3) is 4.57. The van der Waals surface area contributed by atoms with E-state index >= 15 is 0 Å². The van der Waals surface area contributed by atoms with Gasteiger partial charge in [0, 0.05) is 12.6 Å². The Balaban J connectivity index is 1.85.